The Balaban J connectivity index is 1.75. The van der Waals surface area contributed by atoms with Crippen LogP contribution in [0.1, 0.15) is 44.3 Å². The Labute approximate surface area is 141 Å². The van der Waals surface area contributed by atoms with Gasteiger partial charge in [0.2, 0.25) is 5.91 Å². The molecule has 1 saturated carbocycles. The van der Waals surface area contributed by atoms with Gasteiger partial charge in [-0.2, -0.15) is 5.10 Å². The minimum Gasteiger partial charge on any atom is -0.352 e. The van der Waals surface area contributed by atoms with Crippen LogP contribution in [-0.4, -0.2) is 27.8 Å². The number of nitrogens with one attached hydrogen (secondary N) is 2. The molecule has 2 aromatic rings. The van der Waals surface area contributed by atoms with Crippen molar-refractivity contribution in [2.75, 3.05) is 0 Å². The smallest absolute Gasteiger partial charge is 0.241 e. The van der Waals surface area contributed by atoms with Crippen molar-refractivity contribution in [2.24, 2.45) is 0 Å². The molecule has 24 heavy (non-hydrogen) atoms. The third-order valence-electron chi connectivity index (χ3n) is 4.48. The zero-order chi connectivity index (χ0) is 17.1. The van der Waals surface area contributed by atoms with Crippen LogP contribution < -0.4 is 10.6 Å². The van der Waals surface area contributed by atoms with Gasteiger partial charge < -0.3 is 5.32 Å². The van der Waals surface area contributed by atoms with Crippen LogP contribution in [0.4, 0.5) is 4.39 Å². The van der Waals surface area contributed by atoms with Gasteiger partial charge in [-0.05, 0) is 50.5 Å². The molecule has 0 saturated heterocycles. The van der Waals surface area contributed by atoms with E-state index in [-0.39, 0.29) is 29.8 Å². The maximum atomic E-state index is 13.2. The number of hydrogen-bond acceptors (Lipinski definition) is 3. The van der Waals surface area contributed by atoms with Crippen LogP contribution in [-0.2, 0) is 4.79 Å². The highest BCUT2D eigenvalue weighted by Gasteiger charge is 2.30. The van der Waals surface area contributed by atoms with E-state index in [1.54, 1.807) is 18.3 Å². The van der Waals surface area contributed by atoms with Gasteiger partial charge in [-0.25, -0.2) is 4.39 Å². The first kappa shape index (κ1) is 16.6. The molecule has 1 aromatic carbocycles. The molecule has 3 atom stereocenters. The number of hydrogen-bond donors (Lipinski definition) is 2. The van der Waals surface area contributed by atoms with Gasteiger partial charge in [0.05, 0.1) is 6.04 Å². The fourth-order valence-electron chi connectivity index (χ4n) is 2.64. The molecule has 128 valence electrons. The van der Waals surface area contributed by atoms with Crippen LogP contribution in [0.15, 0.2) is 42.7 Å². The third-order valence-corrected chi connectivity index (χ3v) is 4.48. The van der Waals surface area contributed by atoms with Crippen molar-refractivity contribution in [3.05, 3.63) is 54.1 Å². The minimum absolute atomic E-state index is 0.00454. The summed E-state index contributed by atoms with van der Waals surface area (Å²) >= 11 is 0. The van der Waals surface area contributed by atoms with Crippen LogP contribution in [0.25, 0.3) is 0 Å². The molecule has 0 aliphatic heterocycles. The summed E-state index contributed by atoms with van der Waals surface area (Å²) in [5.74, 6) is -0.373. The Hall–Kier alpha value is -2.21. The summed E-state index contributed by atoms with van der Waals surface area (Å²) in [4.78, 5) is 12.6. The monoisotopic (exact) mass is 330 g/mol. The first-order valence-corrected chi connectivity index (χ1v) is 8.35. The topological polar surface area (TPSA) is 59.0 Å². The molecule has 3 unspecified atom stereocenters. The molecule has 5 nitrogen and oxygen atoms in total. The number of rotatable bonds is 7. The Morgan fingerprint density at radius 2 is 2.00 bits per heavy atom. The second kappa shape index (κ2) is 7.13. The third kappa shape index (κ3) is 4.00. The van der Waals surface area contributed by atoms with E-state index >= 15 is 0 Å². The van der Waals surface area contributed by atoms with Crippen molar-refractivity contribution in [3.63, 3.8) is 0 Å². The molecule has 0 radical (unpaired) electrons. The van der Waals surface area contributed by atoms with Gasteiger partial charge >= 0.3 is 0 Å². The molecule has 1 aromatic heterocycles. The SMILES string of the molecule is CC(NC(C(=O)NC1CC1)c1ccc(F)cc1)C(C)n1cccn1. The number of carbonyl (C=O) groups excluding carboxylic acids is 1. The Morgan fingerprint density at radius 3 is 2.58 bits per heavy atom. The van der Waals surface area contributed by atoms with Crippen molar-refractivity contribution < 1.29 is 9.18 Å². The molecule has 0 spiro atoms. The van der Waals surface area contributed by atoms with Gasteiger partial charge in [0.15, 0.2) is 0 Å². The van der Waals surface area contributed by atoms with Crippen LogP contribution >= 0.6 is 0 Å². The lowest BCUT2D eigenvalue weighted by atomic mass is 10.0. The normalized spacial score (nSPS) is 18.0. The van der Waals surface area contributed by atoms with Crippen molar-refractivity contribution in [3.8, 4) is 0 Å². The maximum absolute atomic E-state index is 13.2. The maximum Gasteiger partial charge on any atom is 0.241 e. The fraction of sp³-hybridized carbons (Fsp3) is 0.444. The number of benzene rings is 1. The van der Waals surface area contributed by atoms with E-state index in [1.807, 2.05) is 30.8 Å². The fourth-order valence-corrected chi connectivity index (χ4v) is 2.64. The van der Waals surface area contributed by atoms with Gasteiger partial charge in [0.25, 0.3) is 0 Å². The van der Waals surface area contributed by atoms with E-state index in [0.717, 1.165) is 18.4 Å². The Bertz CT molecular complexity index is 667. The second-order valence-corrected chi connectivity index (χ2v) is 6.45. The first-order chi connectivity index (χ1) is 11.5. The molecule has 1 amide bonds. The highest BCUT2D eigenvalue weighted by atomic mass is 19.1. The summed E-state index contributed by atoms with van der Waals surface area (Å²) in [6.45, 7) is 4.07. The average molecular weight is 330 g/mol. The molecule has 1 fully saturated rings. The Morgan fingerprint density at radius 1 is 1.29 bits per heavy atom. The zero-order valence-corrected chi connectivity index (χ0v) is 13.9. The number of nitrogens with zero attached hydrogens (tertiary/aromatic N) is 2. The lowest BCUT2D eigenvalue weighted by Gasteiger charge is -2.27. The molecule has 1 heterocycles. The summed E-state index contributed by atoms with van der Waals surface area (Å²) in [5.41, 5.74) is 0.758. The van der Waals surface area contributed by atoms with E-state index in [9.17, 15) is 9.18 Å². The molecule has 6 heteroatoms. The highest BCUT2D eigenvalue weighted by molar-refractivity contribution is 5.83. The summed E-state index contributed by atoms with van der Waals surface area (Å²) < 4.78 is 15.1. The van der Waals surface area contributed by atoms with Crippen molar-refractivity contribution in [1.29, 1.82) is 0 Å². The summed E-state index contributed by atoms with van der Waals surface area (Å²) in [7, 11) is 0. The van der Waals surface area contributed by atoms with Crippen LogP contribution in [0.3, 0.4) is 0 Å². The summed E-state index contributed by atoms with van der Waals surface area (Å²) in [6.07, 6.45) is 5.70. The number of aromatic nitrogens is 2. The number of carbonyl (C=O) groups is 1. The van der Waals surface area contributed by atoms with E-state index in [4.69, 9.17) is 0 Å². The molecule has 2 N–H and O–H groups in total. The molecule has 1 aliphatic carbocycles. The largest absolute Gasteiger partial charge is 0.352 e. The van der Waals surface area contributed by atoms with Crippen molar-refractivity contribution >= 4 is 5.91 Å². The lowest BCUT2D eigenvalue weighted by molar-refractivity contribution is -0.123. The van der Waals surface area contributed by atoms with Gasteiger partial charge in [0, 0.05) is 24.5 Å². The van der Waals surface area contributed by atoms with E-state index in [0.29, 0.717) is 0 Å². The zero-order valence-electron chi connectivity index (χ0n) is 13.9. The molecule has 0 bridgehead atoms. The van der Waals surface area contributed by atoms with Crippen LogP contribution in [0.2, 0.25) is 0 Å². The molecular weight excluding hydrogens is 307 g/mol. The highest BCUT2D eigenvalue weighted by Crippen LogP contribution is 2.23. The van der Waals surface area contributed by atoms with E-state index in [2.05, 4.69) is 15.7 Å². The van der Waals surface area contributed by atoms with Gasteiger partial charge in [-0.3, -0.25) is 14.8 Å². The van der Waals surface area contributed by atoms with Crippen LogP contribution in [0.5, 0.6) is 0 Å². The van der Waals surface area contributed by atoms with Gasteiger partial charge in [-0.1, -0.05) is 12.1 Å². The second-order valence-electron chi connectivity index (χ2n) is 6.45. The predicted molar refractivity (Wildman–Crippen MR) is 89.8 cm³/mol. The quantitative estimate of drug-likeness (QED) is 0.820. The molecular formula is C18H23FN4O. The number of halogens is 1. The number of amides is 1. The van der Waals surface area contributed by atoms with Crippen molar-refractivity contribution in [2.45, 2.75) is 50.9 Å². The molecule has 1 aliphatic rings. The average Bonchev–Trinajstić information content (AvgIpc) is 3.22. The predicted octanol–water partition coefficient (Wildman–Crippen LogP) is 2.58. The van der Waals surface area contributed by atoms with E-state index < -0.39 is 6.04 Å². The minimum atomic E-state index is -0.515. The van der Waals surface area contributed by atoms with Crippen LogP contribution in [0, 0.1) is 5.82 Å². The van der Waals surface area contributed by atoms with Gasteiger partial charge in [0.1, 0.15) is 11.9 Å². The van der Waals surface area contributed by atoms with E-state index in [1.165, 1.54) is 12.1 Å². The standard InChI is InChI=1S/C18H23FN4O/c1-12(13(2)23-11-3-10-20-23)21-17(18(24)22-16-8-9-16)14-4-6-15(19)7-5-14/h3-7,10-13,16-17,21H,8-9H2,1-2H3,(H,22,24). The molecule has 3 rings (SSSR count). The Kier molecular flexibility index (Phi) is 4.94. The van der Waals surface area contributed by atoms with Crippen molar-refractivity contribution in [1.82, 2.24) is 20.4 Å². The van der Waals surface area contributed by atoms with Gasteiger partial charge in [-0.15, -0.1) is 0 Å². The lowest BCUT2D eigenvalue weighted by Crippen LogP contribution is -2.44. The summed E-state index contributed by atoms with van der Waals surface area (Å²) in [5, 5.41) is 10.7. The first-order valence-electron chi connectivity index (χ1n) is 8.35. The summed E-state index contributed by atoms with van der Waals surface area (Å²) in [6, 6.07) is 7.81.